The molecule has 1 aromatic heterocycles. The third-order valence-corrected chi connectivity index (χ3v) is 5.59. The zero-order chi connectivity index (χ0) is 18.5. The van der Waals surface area contributed by atoms with E-state index in [0.717, 1.165) is 15.0 Å². The molecule has 8 heteroatoms. The van der Waals surface area contributed by atoms with Crippen molar-refractivity contribution in [2.75, 3.05) is 45.2 Å². The number of ether oxygens (including phenoxy) is 1. The van der Waals surface area contributed by atoms with E-state index in [0.29, 0.717) is 31.9 Å². The minimum absolute atomic E-state index is 0.00949. The minimum Gasteiger partial charge on any atom is -0.495 e. The van der Waals surface area contributed by atoms with Gasteiger partial charge in [-0.25, -0.2) is 0 Å². The Hall–Kier alpha value is -2.06. The van der Waals surface area contributed by atoms with Gasteiger partial charge in [-0.1, -0.05) is 22.0 Å². The van der Waals surface area contributed by atoms with Crippen molar-refractivity contribution in [2.24, 2.45) is 0 Å². The van der Waals surface area contributed by atoms with Gasteiger partial charge in [0.1, 0.15) is 5.75 Å². The summed E-state index contributed by atoms with van der Waals surface area (Å²) in [5.41, 5.74) is 0.765. The predicted octanol–water partition coefficient (Wildman–Crippen LogP) is 2.92. The topological polar surface area (TPSA) is 61.9 Å². The summed E-state index contributed by atoms with van der Waals surface area (Å²) in [6.45, 7) is 2.40. The molecule has 3 rings (SSSR count). The highest BCUT2D eigenvalue weighted by molar-refractivity contribution is 9.10. The Morgan fingerprint density at radius 1 is 1.19 bits per heavy atom. The molecule has 1 saturated heterocycles. The van der Waals surface area contributed by atoms with E-state index < -0.39 is 0 Å². The number of carbonyl (C=O) groups excluding carboxylic acids is 2. The molecule has 0 radical (unpaired) electrons. The summed E-state index contributed by atoms with van der Waals surface area (Å²) in [5.74, 6) is 0.742. The van der Waals surface area contributed by atoms with E-state index in [4.69, 9.17) is 4.74 Å². The van der Waals surface area contributed by atoms with E-state index in [1.54, 1.807) is 16.9 Å². The highest BCUT2D eigenvalue weighted by atomic mass is 79.9. The van der Waals surface area contributed by atoms with Gasteiger partial charge in [0.15, 0.2) is 0 Å². The lowest BCUT2D eigenvalue weighted by Crippen LogP contribution is -2.51. The van der Waals surface area contributed by atoms with E-state index in [1.165, 1.54) is 11.3 Å². The van der Waals surface area contributed by atoms with Crippen molar-refractivity contribution >= 4 is 44.8 Å². The van der Waals surface area contributed by atoms with E-state index >= 15 is 0 Å². The van der Waals surface area contributed by atoms with Gasteiger partial charge in [0.05, 0.1) is 24.2 Å². The van der Waals surface area contributed by atoms with Gasteiger partial charge in [-0.05, 0) is 29.6 Å². The van der Waals surface area contributed by atoms with Crippen LogP contribution < -0.4 is 10.1 Å². The summed E-state index contributed by atoms with van der Waals surface area (Å²) in [6.07, 6.45) is 0. The lowest BCUT2D eigenvalue weighted by Gasteiger charge is -2.34. The van der Waals surface area contributed by atoms with Crippen LogP contribution in [0.5, 0.6) is 5.75 Å². The minimum atomic E-state index is 0.00949. The average Bonchev–Trinajstić information content (AvgIpc) is 3.20. The molecule has 0 unspecified atom stereocenters. The molecule has 2 amide bonds. The van der Waals surface area contributed by atoms with Gasteiger partial charge >= 0.3 is 0 Å². The first-order chi connectivity index (χ1) is 12.6. The van der Waals surface area contributed by atoms with Gasteiger partial charge in [-0.15, -0.1) is 11.3 Å². The van der Waals surface area contributed by atoms with Gasteiger partial charge in [0.2, 0.25) is 5.91 Å². The van der Waals surface area contributed by atoms with E-state index in [2.05, 4.69) is 21.2 Å². The Morgan fingerprint density at radius 3 is 2.58 bits per heavy atom. The van der Waals surface area contributed by atoms with Crippen molar-refractivity contribution < 1.29 is 14.3 Å². The first-order valence-electron chi connectivity index (χ1n) is 8.26. The molecule has 0 atom stereocenters. The molecule has 6 nitrogen and oxygen atoms in total. The number of rotatable bonds is 5. The van der Waals surface area contributed by atoms with Crippen LogP contribution >= 0.6 is 27.3 Å². The molecule has 1 aliphatic heterocycles. The lowest BCUT2D eigenvalue weighted by atomic mass is 10.2. The molecule has 1 aromatic carbocycles. The quantitative estimate of drug-likeness (QED) is 0.780. The summed E-state index contributed by atoms with van der Waals surface area (Å²) in [6, 6.07) is 9.31. The third-order valence-electron chi connectivity index (χ3n) is 4.24. The van der Waals surface area contributed by atoms with Gasteiger partial charge < -0.3 is 19.9 Å². The van der Waals surface area contributed by atoms with Crippen molar-refractivity contribution in [1.29, 1.82) is 0 Å². The van der Waals surface area contributed by atoms with Crippen molar-refractivity contribution in [3.8, 4) is 5.75 Å². The highest BCUT2D eigenvalue weighted by Gasteiger charge is 2.25. The van der Waals surface area contributed by atoms with Crippen molar-refractivity contribution in [3.63, 3.8) is 0 Å². The van der Waals surface area contributed by atoms with Crippen LogP contribution in [0.4, 0.5) is 5.69 Å². The molecular weight excluding hydrogens is 418 g/mol. The first-order valence-corrected chi connectivity index (χ1v) is 9.93. The summed E-state index contributed by atoms with van der Waals surface area (Å²) >= 11 is 4.86. The van der Waals surface area contributed by atoms with Crippen LogP contribution in [0.1, 0.15) is 9.67 Å². The standard InChI is InChI=1S/C18H20BrN3O3S/c1-25-15-5-4-13(19)11-14(15)20-12-17(23)21-6-8-22(9-7-21)18(24)16-3-2-10-26-16/h2-5,10-11,20H,6-9,12H2,1H3. The fourth-order valence-corrected chi connectivity index (χ4v) is 3.87. The molecule has 26 heavy (non-hydrogen) atoms. The second-order valence-electron chi connectivity index (χ2n) is 5.85. The molecule has 1 fully saturated rings. The van der Waals surface area contributed by atoms with Crippen LogP contribution in [0.15, 0.2) is 40.2 Å². The number of piperazine rings is 1. The van der Waals surface area contributed by atoms with Crippen LogP contribution in [-0.4, -0.2) is 61.4 Å². The average molecular weight is 438 g/mol. The number of hydrogen-bond donors (Lipinski definition) is 1. The number of amides is 2. The summed E-state index contributed by atoms with van der Waals surface area (Å²) in [5, 5.41) is 5.03. The Kier molecular flexibility index (Phi) is 6.16. The van der Waals surface area contributed by atoms with E-state index in [-0.39, 0.29) is 18.4 Å². The fraction of sp³-hybridized carbons (Fsp3) is 0.333. The number of carbonyl (C=O) groups is 2. The van der Waals surface area contributed by atoms with Crippen LogP contribution in [0.25, 0.3) is 0 Å². The Balaban J connectivity index is 1.51. The van der Waals surface area contributed by atoms with E-state index in [9.17, 15) is 9.59 Å². The number of benzene rings is 1. The maximum atomic E-state index is 12.5. The van der Waals surface area contributed by atoms with Crippen LogP contribution in [0.3, 0.4) is 0 Å². The van der Waals surface area contributed by atoms with Crippen LogP contribution in [-0.2, 0) is 4.79 Å². The van der Waals surface area contributed by atoms with E-state index in [1.807, 2.05) is 35.7 Å². The zero-order valence-corrected chi connectivity index (χ0v) is 16.8. The second-order valence-corrected chi connectivity index (χ2v) is 7.71. The van der Waals surface area contributed by atoms with Gasteiger partial charge in [-0.2, -0.15) is 0 Å². The van der Waals surface area contributed by atoms with Crippen molar-refractivity contribution in [2.45, 2.75) is 0 Å². The smallest absolute Gasteiger partial charge is 0.264 e. The number of halogens is 1. The molecule has 1 aliphatic rings. The SMILES string of the molecule is COc1ccc(Br)cc1NCC(=O)N1CCN(C(=O)c2cccs2)CC1. The van der Waals surface area contributed by atoms with Crippen LogP contribution in [0.2, 0.25) is 0 Å². The predicted molar refractivity (Wildman–Crippen MR) is 106 cm³/mol. The zero-order valence-electron chi connectivity index (χ0n) is 14.4. The van der Waals surface area contributed by atoms with Gasteiger partial charge in [0.25, 0.3) is 5.91 Å². The number of thiophene rings is 1. The monoisotopic (exact) mass is 437 g/mol. The maximum Gasteiger partial charge on any atom is 0.264 e. The summed E-state index contributed by atoms with van der Waals surface area (Å²) < 4.78 is 6.21. The first kappa shape index (κ1) is 18.7. The fourth-order valence-electron chi connectivity index (χ4n) is 2.82. The Labute approximate surface area is 164 Å². The van der Waals surface area contributed by atoms with Gasteiger partial charge in [-0.3, -0.25) is 9.59 Å². The summed E-state index contributed by atoms with van der Waals surface area (Å²) in [7, 11) is 1.60. The Bertz CT molecular complexity index is 774. The molecule has 2 heterocycles. The normalized spacial score (nSPS) is 14.2. The second kappa shape index (κ2) is 8.55. The highest BCUT2D eigenvalue weighted by Crippen LogP contribution is 2.27. The van der Waals surface area contributed by atoms with Crippen LogP contribution in [0, 0.1) is 0 Å². The number of nitrogens with zero attached hydrogens (tertiary/aromatic N) is 2. The maximum absolute atomic E-state index is 12.5. The summed E-state index contributed by atoms with van der Waals surface area (Å²) in [4.78, 5) is 29.2. The molecule has 0 spiro atoms. The Morgan fingerprint density at radius 2 is 1.92 bits per heavy atom. The van der Waals surface area contributed by atoms with Crippen molar-refractivity contribution in [3.05, 3.63) is 45.1 Å². The third kappa shape index (κ3) is 4.37. The molecule has 2 aromatic rings. The van der Waals surface area contributed by atoms with Crippen molar-refractivity contribution in [1.82, 2.24) is 9.80 Å². The molecule has 0 saturated carbocycles. The largest absolute Gasteiger partial charge is 0.495 e. The molecule has 1 N–H and O–H groups in total. The number of anilines is 1. The number of hydrogen-bond acceptors (Lipinski definition) is 5. The molecular formula is C18H20BrN3O3S. The molecule has 0 bridgehead atoms. The molecule has 0 aliphatic carbocycles. The number of nitrogens with one attached hydrogen (secondary N) is 1. The van der Waals surface area contributed by atoms with Gasteiger partial charge in [0, 0.05) is 30.7 Å². The number of methoxy groups -OCH3 is 1. The molecule has 138 valence electrons. The lowest BCUT2D eigenvalue weighted by molar-refractivity contribution is -0.130.